The lowest BCUT2D eigenvalue weighted by molar-refractivity contribution is -0.142. The zero-order valence-corrected chi connectivity index (χ0v) is 18.6. The fourth-order valence-electron chi connectivity index (χ4n) is 2.75. The smallest absolute Gasteiger partial charge is 0.261 e. The van der Waals surface area contributed by atoms with Crippen molar-refractivity contribution in [3.63, 3.8) is 0 Å². The molecule has 0 fully saturated rings. The summed E-state index contributed by atoms with van der Waals surface area (Å²) < 4.78 is 10.8. The minimum absolute atomic E-state index is 0.205. The Labute approximate surface area is 183 Å². The highest BCUT2D eigenvalue weighted by molar-refractivity contribution is 6.32. The van der Waals surface area contributed by atoms with Gasteiger partial charge in [-0.25, -0.2) is 0 Å². The molecule has 0 heterocycles. The predicted molar refractivity (Wildman–Crippen MR) is 118 cm³/mol. The van der Waals surface area contributed by atoms with Gasteiger partial charge in [0.2, 0.25) is 5.91 Å². The molecule has 0 unspecified atom stereocenters. The number of halogens is 1. The molecule has 2 aromatic rings. The molecule has 0 aliphatic carbocycles. The van der Waals surface area contributed by atoms with Gasteiger partial charge in [0, 0.05) is 13.1 Å². The lowest BCUT2D eigenvalue weighted by atomic mass is 10.1. The van der Waals surface area contributed by atoms with Crippen molar-refractivity contribution in [3.05, 3.63) is 59.1 Å². The summed E-state index contributed by atoms with van der Waals surface area (Å²) in [5, 5.41) is 3.32. The van der Waals surface area contributed by atoms with Crippen molar-refractivity contribution in [2.24, 2.45) is 5.92 Å². The van der Waals surface area contributed by atoms with Gasteiger partial charge in [0.1, 0.15) is 17.5 Å². The van der Waals surface area contributed by atoms with E-state index in [9.17, 15) is 9.59 Å². The first-order valence-electron chi connectivity index (χ1n) is 9.89. The molecule has 6 nitrogen and oxygen atoms in total. The van der Waals surface area contributed by atoms with E-state index in [1.54, 1.807) is 38.3 Å². The molecule has 1 N–H and O–H groups in total. The fourth-order valence-corrected chi connectivity index (χ4v) is 2.94. The second-order valence-electron chi connectivity index (χ2n) is 7.40. The van der Waals surface area contributed by atoms with Gasteiger partial charge in [0.15, 0.2) is 6.61 Å². The lowest BCUT2D eigenvalue weighted by Crippen LogP contribution is -2.49. The van der Waals surface area contributed by atoms with Crippen molar-refractivity contribution in [1.29, 1.82) is 0 Å². The zero-order valence-electron chi connectivity index (χ0n) is 17.9. The molecule has 0 bridgehead atoms. The minimum atomic E-state index is -0.659. The Hall–Kier alpha value is -2.73. The second-order valence-corrected chi connectivity index (χ2v) is 7.81. The summed E-state index contributed by atoms with van der Waals surface area (Å²) in [6, 6.07) is 13.7. The van der Waals surface area contributed by atoms with Gasteiger partial charge < -0.3 is 19.7 Å². The van der Waals surface area contributed by atoms with Crippen LogP contribution in [0.1, 0.15) is 26.3 Å². The number of nitrogens with zero attached hydrogens (tertiary/aromatic N) is 1. The van der Waals surface area contributed by atoms with Crippen LogP contribution in [0.3, 0.4) is 0 Å². The Morgan fingerprint density at radius 3 is 2.33 bits per heavy atom. The molecule has 0 saturated carbocycles. The summed E-state index contributed by atoms with van der Waals surface area (Å²) in [6.45, 7) is 6.34. The Kier molecular flexibility index (Phi) is 8.99. The van der Waals surface area contributed by atoms with Crippen LogP contribution in [0.15, 0.2) is 48.5 Å². The van der Waals surface area contributed by atoms with Gasteiger partial charge in [-0.15, -0.1) is 0 Å². The van der Waals surface area contributed by atoms with Crippen LogP contribution in [0.2, 0.25) is 5.02 Å². The average molecular weight is 433 g/mol. The highest BCUT2D eigenvalue weighted by Gasteiger charge is 2.26. The number of para-hydroxylation sites is 1. The van der Waals surface area contributed by atoms with E-state index in [1.807, 2.05) is 38.1 Å². The van der Waals surface area contributed by atoms with Crippen molar-refractivity contribution >= 4 is 23.4 Å². The van der Waals surface area contributed by atoms with Crippen molar-refractivity contribution in [2.75, 3.05) is 20.3 Å². The topological polar surface area (TPSA) is 67.9 Å². The van der Waals surface area contributed by atoms with E-state index in [-0.39, 0.29) is 25.0 Å². The first kappa shape index (κ1) is 23.5. The third-order valence-corrected chi connectivity index (χ3v) is 4.86. The monoisotopic (exact) mass is 432 g/mol. The SMILES string of the molecule is COc1ccc(CN(C(=O)COc2ccccc2Cl)[C@@H](C)C(=O)NCC(C)C)cc1. The molecule has 162 valence electrons. The molecule has 0 aliphatic rings. The van der Waals surface area contributed by atoms with Crippen LogP contribution in [-0.2, 0) is 16.1 Å². The third kappa shape index (κ3) is 6.95. The second kappa shape index (κ2) is 11.5. The van der Waals surface area contributed by atoms with Gasteiger partial charge >= 0.3 is 0 Å². The Bertz CT molecular complexity index is 839. The Balaban J connectivity index is 2.14. The molecule has 0 radical (unpaired) electrons. The van der Waals surface area contributed by atoms with Gasteiger partial charge in [0.05, 0.1) is 12.1 Å². The van der Waals surface area contributed by atoms with Crippen LogP contribution in [0.25, 0.3) is 0 Å². The first-order chi connectivity index (χ1) is 14.3. The van der Waals surface area contributed by atoms with Gasteiger partial charge in [-0.1, -0.05) is 49.7 Å². The molecule has 2 amide bonds. The molecule has 0 spiro atoms. The standard InChI is InChI=1S/C23H29ClN2O4/c1-16(2)13-25-23(28)17(3)26(14-18-9-11-19(29-4)12-10-18)22(27)15-30-21-8-6-5-7-20(21)24/h5-12,16-17H,13-15H2,1-4H3,(H,25,28)/t17-/m0/s1. The fraction of sp³-hybridized carbons (Fsp3) is 0.391. The highest BCUT2D eigenvalue weighted by Crippen LogP contribution is 2.23. The van der Waals surface area contributed by atoms with E-state index in [2.05, 4.69) is 5.32 Å². The van der Waals surface area contributed by atoms with Crippen LogP contribution >= 0.6 is 11.6 Å². The molecule has 0 aromatic heterocycles. The summed E-state index contributed by atoms with van der Waals surface area (Å²) in [4.78, 5) is 27.1. The number of carbonyl (C=O) groups is 2. The van der Waals surface area contributed by atoms with E-state index in [4.69, 9.17) is 21.1 Å². The summed E-state index contributed by atoms with van der Waals surface area (Å²) >= 11 is 6.10. The molecule has 0 aliphatic heterocycles. The molecule has 7 heteroatoms. The average Bonchev–Trinajstić information content (AvgIpc) is 2.74. The Morgan fingerprint density at radius 1 is 1.07 bits per heavy atom. The van der Waals surface area contributed by atoms with Gasteiger partial charge in [-0.05, 0) is 42.7 Å². The van der Waals surface area contributed by atoms with Crippen LogP contribution < -0.4 is 14.8 Å². The quantitative estimate of drug-likeness (QED) is 0.618. The van der Waals surface area contributed by atoms with Crippen LogP contribution in [0.5, 0.6) is 11.5 Å². The van der Waals surface area contributed by atoms with E-state index in [1.165, 1.54) is 4.90 Å². The van der Waals surface area contributed by atoms with Crippen LogP contribution in [0, 0.1) is 5.92 Å². The normalized spacial score (nSPS) is 11.7. The number of hydrogen-bond donors (Lipinski definition) is 1. The number of ether oxygens (including phenoxy) is 2. The van der Waals surface area contributed by atoms with Crippen LogP contribution in [-0.4, -0.2) is 43.0 Å². The number of benzene rings is 2. The number of methoxy groups -OCH3 is 1. The molecule has 0 saturated heterocycles. The maximum Gasteiger partial charge on any atom is 0.261 e. The third-order valence-electron chi connectivity index (χ3n) is 4.55. The van der Waals surface area contributed by atoms with Gasteiger partial charge in [-0.2, -0.15) is 0 Å². The van der Waals surface area contributed by atoms with Gasteiger partial charge in [-0.3, -0.25) is 9.59 Å². The zero-order chi connectivity index (χ0) is 22.1. The van der Waals surface area contributed by atoms with Crippen molar-refractivity contribution in [1.82, 2.24) is 10.2 Å². The molecule has 1 atom stereocenters. The minimum Gasteiger partial charge on any atom is -0.497 e. The maximum atomic E-state index is 13.0. The summed E-state index contributed by atoms with van der Waals surface area (Å²) in [5.74, 6) is 0.951. The number of amides is 2. The van der Waals surface area contributed by atoms with E-state index >= 15 is 0 Å². The molecule has 30 heavy (non-hydrogen) atoms. The highest BCUT2D eigenvalue weighted by atomic mass is 35.5. The van der Waals surface area contributed by atoms with Gasteiger partial charge in [0.25, 0.3) is 5.91 Å². The molecular weight excluding hydrogens is 404 g/mol. The largest absolute Gasteiger partial charge is 0.497 e. The van der Waals surface area contributed by atoms with Crippen LogP contribution in [0.4, 0.5) is 0 Å². The summed E-state index contributed by atoms with van der Waals surface area (Å²) in [7, 11) is 1.60. The maximum absolute atomic E-state index is 13.0. The molecular formula is C23H29ClN2O4. The number of nitrogens with one attached hydrogen (secondary N) is 1. The van der Waals surface area contributed by atoms with Crippen molar-refractivity contribution in [2.45, 2.75) is 33.4 Å². The summed E-state index contributed by atoms with van der Waals surface area (Å²) in [6.07, 6.45) is 0. The number of rotatable bonds is 10. The van der Waals surface area contributed by atoms with E-state index in [0.29, 0.717) is 23.2 Å². The van der Waals surface area contributed by atoms with Crippen molar-refractivity contribution in [3.8, 4) is 11.5 Å². The van der Waals surface area contributed by atoms with E-state index < -0.39 is 6.04 Å². The number of carbonyl (C=O) groups excluding carboxylic acids is 2. The summed E-state index contributed by atoms with van der Waals surface area (Å²) in [5.41, 5.74) is 0.880. The lowest BCUT2D eigenvalue weighted by Gasteiger charge is -2.29. The first-order valence-corrected chi connectivity index (χ1v) is 10.3. The molecule has 2 aromatic carbocycles. The predicted octanol–water partition coefficient (Wildman–Crippen LogP) is 3.92. The molecule has 2 rings (SSSR count). The Morgan fingerprint density at radius 2 is 1.73 bits per heavy atom. The van der Waals surface area contributed by atoms with Crippen molar-refractivity contribution < 1.29 is 19.1 Å². The van der Waals surface area contributed by atoms with E-state index in [0.717, 1.165) is 11.3 Å². The number of hydrogen-bond acceptors (Lipinski definition) is 4.